The highest BCUT2D eigenvalue weighted by Crippen LogP contribution is 2.64. The molecule has 0 amide bonds. The van der Waals surface area contributed by atoms with E-state index in [1.807, 2.05) is 18.2 Å². The molecule has 0 atom stereocenters. The van der Waals surface area contributed by atoms with Crippen molar-refractivity contribution in [3.8, 4) is 62.0 Å². The molecule has 10 rings (SSSR count). The molecule has 2 aliphatic rings. The minimum absolute atomic E-state index is 0.510. The quantitative estimate of drug-likeness (QED) is 0.197. The summed E-state index contributed by atoms with van der Waals surface area (Å²) in [6, 6.07) is 57.0. The number of nitrogens with zero attached hydrogens (tertiary/aromatic N) is 3. The molecule has 0 aliphatic heterocycles. The van der Waals surface area contributed by atoms with Gasteiger partial charge in [-0.3, -0.25) is 4.98 Å². The zero-order valence-electron chi connectivity index (χ0n) is 26.4. The van der Waals surface area contributed by atoms with Crippen molar-refractivity contribution in [3.63, 3.8) is 0 Å². The Morgan fingerprint density at radius 3 is 1.88 bits per heavy atom. The second-order valence-corrected chi connectivity index (χ2v) is 12.8. The Labute approximate surface area is 284 Å². The topological polar surface area (TPSA) is 49.6 Å². The fraction of sp³-hybridized carbons (Fsp3) is 0.0217. The Kier molecular flexibility index (Phi) is 5.85. The molecule has 3 nitrogen and oxygen atoms in total. The molecule has 0 saturated carbocycles. The first-order chi connectivity index (χ1) is 24.3. The monoisotopic (exact) mass is 621 g/mol. The van der Waals surface area contributed by atoms with Crippen molar-refractivity contribution in [2.24, 2.45) is 0 Å². The van der Waals surface area contributed by atoms with Gasteiger partial charge in [0.2, 0.25) is 0 Å². The predicted molar refractivity (Wildman–Crippen MR) is 197 cm³/mol. The molecule has 0 N–H and O–H groups in total. The molecule has 0 fully saturated rings. The lowest BCUT2D eigenvalue weighted by atomic mass is 9.69. The maximum atomic E-state index is 9.48. The van der Waals surface area contributed by atoms with Crippen LogP contribution in [0.25, 0.3) is 66.7 Å². The van der Waals surface area contributed by atoms with Crippen molar-refractivity contribution in [3.05, 3.63) is 192 Å². The van der Waals surface area contributed by atoms with Crippen LogP contribution in [0.5, 0.6) is 0 Å². The van der Waals surface area contributed by atoms with Gasteiger partial charge in [0.1, 0.15) is 6.07 Å². The van der Waals surface area contributed by atoms with Crippen LogP contribution in [0.3, 0.4) is 0 Å². The van der Waals surface area contributed by atoms with E-state index < -0.39 is 5.41 Å². The number of aromatic nitrogens is 2. The van der Waals surface area contributed by atoms with E-state index in [1.165, 1.54) is 66.4 Å². The highest BCUT2D eigenvalue weighted by molar-refractivity contribution is 6.11. The summed E-state index contributed by atoms with van der Waals surface area (Å²) in [5, 5.41) is 12.0. The van der Waals surface area contributed by atoms with Gasteiger partial charge in [0.25, 0.3) is 0 Å². The van der Waals surface area contributed by atoms with Crippen molar-refractivity contribution in [1.29, 1.82) is 5.26 Å². The van der Waals surface area contributed by atoms with Crippen LogP contribution in [0.2, 0.25) is 0 Å². The lowest BCUT2D eigenvalue weighted by Crippen LogP contribution is -2.26. The van der Waals surface area contributed by atoms with E-state index in [-0.39, 0.29) is 0 Å². The summed E-state index contributed by atoms with van der Waals surface area (Å²) in [5.74, 6) is 0. The van der Waals surface area contributed by atoms with Gasteiger partial charge in [-0.05, 0) is 96.7 Å². The average molecular weight is 622 g/mol. The van der Waals surface area contributed by atoms with E-state index in [4.69, 9.17) is 4.98 Å². The van der Waals surface area contributed by atoms with Crippen LogP contribution in [0.4, 0.5) is 0 Å². The van der Waals surface area contributed by atoms with Crippen molar-refractivity contribution < 1.29 is 0 Å². The molecule has 1 spiro atoms. The first-order valence-electron chi connectivity index (χ1n) is 16.5. The minimum Gasteiger partial charge on any atom is -0.263 e. The molecule has 2 heterocycles. The molecule has 0 bridgehead atoms. The Morgan fingerprint density at radius 2 is 1.12 bits per heavy atom. The molecule has 6 aromatic carbocycles. The third kappa shape index (κ3) is 3.83. The number of hydrogen-bond acceptors (Lipinski definition) is 3. The first kappa shape index (κ1) is 27.5. The Balaban J connectivity index is 1.29. The van der Waals surface area contributed by atoms with Crippen LogP contribution in [0, 0.1) is 11.3 Å². The van der Waals surface area contributed by atoms with Crippen LogP contribution >= 0.6 is 0 Å². The molecular weight excluding hydrogens is 595 g/mol. The van der Waals surface area contributed by atoms with Crippen LogP contribution in [0.15, 0.2) is 164 Å². The van der Waals surface area contributed by atoms with Crippen molar-refractivity contribution in [2.75, 3.05) is 0 Å². The summed E-state index contributed by atoms with van der Waals surface area (Å²) in [5.41, 5.74) is 16.3. The fourth-order valence-electron chi connectivity index (χ4n) is 8.41. The second kappa shape index (κ2) is 10.4. The van der Waals surface area contributed by atoms with Crippen molar-refractivity contribution in [2.45, 2.75) is 5.41 Å². The fourth-order valence-corrected chi connectivity index (χ4v) is 8.41. The average Bonchev–Trinajstić information content (AvgIpc) is 3.65. The van der Waals surface area contributed by atoms with E-state index in [2.05, 4.69) is 145 Å². The molecule has 0 unspecified atom stereocenters. The third-order valence-electron chi connectivity index (χ3n) is 10.4. The smallest absolute Gasteiger partial charge is 0.101 e. The summed E-state index contributed by atoms with van der Waals surface area (Å²) in [6.07, 6.45) is 3.35. The molecule has 2 aromatic heterocycles. The lowest BCUT2D eigenvalue weighted by molar-refractivity contribution is 0.795. The molecule has 8 aromatic rings. The molecule has 49 heavy (non-hydrogen) atoms. The van der Waals surface area contributed by atoms with Crippen molar-refractivity contribution in [1.82, 2.24) is 9.97 Å². The van der Waals surface area contributed by atoms with Crippen LogP contribution in [-0.4, -0.2) is 9.97 Å². The molecule has 3 heteroatoms. The number of nitriles is 1. The Hall–Kier alpha value is -6.63. The summed E-state index contributed by atoms with van der Waals surface area (Å²) in [6.45, 7) is 0. The normalized spacial score (nSPS) is 13.0. The summed E-state index contributed by atoms with van der Waals surface area (Å²) in [7, 11) is 0. The first-order valence-corrected chi connectivity index (χ1v) is 16.5. The third-order valence-corrected chi connectivity index (χ3v) is 10.4. The van der Waals surface area contributed by atoms with E-state index in [1.54, 1.807) is 12.4 Å². The van der Waals surface area contributed by atoms with Gasteiger partial charge in [-0.2, -0.15) is 5.26 Å². The summed E-state index contributed by atoms with van der Waals surface area (Å²) in [4.78, 5) is 9.41. The van der Waals surface area contributed by atoms with E-state index >= 15 is 0 Å². The second-order valence-electron chi connectivity index (χ2n) is 12.8. The van der Waals surface area contributed by atoms with Crippen LogP contribution < -0.4 is 0 Å². The highest BCUT2D eigenvalue weighted by Gasteiger charge is 2.52. The number of benzene rings is 6. The highest BCUT2D eigenvalue weighted by atomic mass is 14.7. The minimum atomic E-state index is -0.510. The van der Waals surface area contributed by atoms with E-state index in [0.717, 1.165) is 22.5 Å². The van der Waals surface area contributed by atoms with Gasteiger partial charge in [-0.1, -0.05) is 121 Å². The molecule has 0 saturated heterocycles. The summed E-state index contributed by atoms with van der Waals surface area (Å²) >= 11 is 0. The zero-order chi connectivity index (χ0) is 32.5. The lowest BCUT2D eigenvalue weighted by Gasteiger charge is -2.31. The maximum Gasteiger partial charge on any atom is 0.101 e. The molecular formula is C46H27N3. The predicted octanol–water partition coefficient (Wildman–Crippen LogP) is 10.8. The van der Waals surface area contributed by atoms with Crippen LogP contribution in [-0.2, 0) is 5.41 Å². The standard InChI is InChI=1S/C46H27N3/c47-26-29-23-32(28-48-27-29)44-20-10-19-43(49-44)31-21-22-37-41(24-31)46(39-17-8-6-14-34(39)35-15-7-9-18-40(35)46)42-25-38(30-11-2-1-3-12-30)33-13-4-5-16-36(33)45(37)42/h1-25,27-28H. The van der Waals surface area contributed by atoms with Gasteiger partial charge < -0.3 is 0 Å². The van der Waals surface area contributed by atoms with Crippen molar-refractivity contribution >= 4 is 10.8 Å². The van der Waals surface area contributed by atoms with Gasteiger partial charge in [0.15, 0.2) is 0 Å². The molecule has 0 radical (unpaired) electrons. The maximum absolute atomic E-state index is 9.48. The van der Waals surface area contributed by atoms with E-state index in [0.29, 0.717) is 5.56 Å². The Bertz CT molecular complexity index is 2640. The number of rotatable bonds is 3. The van der Waals surface area contributed by atoms with Gasteiger partial charge >= 0.3 is 0 Å². The van der Waals surface area contributed by atoms with Gasteiger partial charge in [0, 0.05) is 23.5 Å². The summed E-state index contributed by atoms with van der Waals surface area (Å²) < 4.78 is 0. The number of hydrogen-bond donors (Lipinski definition) is 0. The Morgan fingerprint density at radius 1 is 0.449 bits per heavy atom. The molecule has 226 valence electrons. The number of pyridine rings is 2. The number of fused-ring (bicyclic) bond motifs is 12. The molecule has 2 aliphatic carbocycles. The van der Waals surface area contributed by atoms with Gasteiger partial charge in [-0.25, -0.2) is 4.98 Å². The van der Waals surface area contributed by atoms with Gasteiger partial charge in [-0.15, -0.1) is 0 Å². The van der Waals surface area contributed by atoms with Gasteiger partial charge in [0.05, 0.1) is 22.4 Å². The largest absolute Gasteiger partial charge is 0.263 e. The van der Waals surface area contributed by atoms with Crippen LogP contribution in [0.1, 0.15) is 27.8 Å². The SMILES string of the molecule is N#Cc1cncc(-c2cccc(-c3ccc4c(c3)C3(c5ccccc5-c5ccccc53)c3cc(-c5ccccc5)c5ccccc5c3-4)n2)c1. The zero-order valence-corrected chi connectivity index (χ0v) is 26.4. The van der Waals surface area contributed by atoms with E-state index in [9.17, 15) is 5.26 Å².